The minimum absolute atomic E-state index is 0.111. The summed E-state index contributed by atoms with van der Waals surface area (Å²) in [5.74, 6) is -1.22. The molecule has 0 bridgehead atoms. The fourth-order valence-electron chi connectivity index (χ4n) is 1.23. The van der Waals surface area contributed by atoms with E-state index in [1.54, 1.807) is 0 Å². The van der Waals surface area contributed by atoms with Gasteiger partial charge in [0.05, 0.1) is 10.5 Å². The molecule has 0 spiro atoms. The molecule has 0 saturated heterocycles. The average molecular weight is 364 g/mol. The maximum absolute atomic E-state index is 12.0. The first-order valence-corrected chi connectivity index (χ1v) is 7.87. The summed E-state index contributed by atoms with van der Waals surface area (Å²) in [5.41, 5.74) is 1.24. The molecule has 0 saturated carbocycles. The SMILES string of the molecule is O=C(O)c1cc(S(=O)(=O)Nc2nncs2)ccc1Br. The molecule has 1 aromatic carbocycles. The Morgan fingerprint density at radius 3 is 2.74 bits per heavy atom. The van der Waals surface area contributed by atoms with Crippen molar-refractivity contribution in [2.45, 2.75) is 4.90 Å². The van der Waals surface area contributed by atoms with Crippen LogP contribution in [0.1, 0.15) is 10.4 Å². The van der Waals surface area contributed by atoms with Crippen LogP contribution in [0, 0.1) is 0 Å². The van der Waals surface area contributed by atoms with Gasteiger partial charge in [-0.1, -0.05) is 11.3 Å². The average Bonchev–Trinajstić information content (AvgIpc) is 2.80. The van der Waals surface area contributed by atoms with Crippen LogP contribution < -0.4 is 4.72 Å². The summed E-state index contributed by atoms with van der Waals surface area (Å²) in [6, 6.07) is 3.72. The molecule has 2 aromatic rings. The number of hydrogen-bond acceptors (Lipinski definition) is 6. The molecule has 1 aromatic heterocycles. The fourth-order valence-corrected chi connectivity index (χ4v) is 3.36. The fraction of sp³-hybridized carbons (Fsp3) is 0. The highest BCUT2D eigenvalue weighted by Gasteiger charge is 2.19. The lowest BCUT2D eigenvalue weighted by molar-refractivity contribution is 0.0695. The lowest BCUT2D eigenvalue weighted by Gasteiger charge is -2.06. The first-order chi connectivity index (χ1) is 8.90. The van der Waals surface area contributed by atoms with Crippen molar-refractivity contribution in [2.75, 3.05) is 4.72 Å². The van der Waals surface area contributed by atoms with Gasteiger partial charge >= 0.3 is 5.97 Å². The predicted octanol–water partition coefficient (Wildman–Crippen LogP) is 1.80. The van der Waals surface area contributed by atoms with Crippen molar-refractivity contribution in [3.63, 3.8) is 0 Å². The third kappa shape index (κ3) is 3.08. The van der Waals surface area contributed by atoms with Crippen LogP contribution in [0.5, 0.6) is 0 Å². The summed E-state index contributed by atoms with van der Waals surface area (Å²) >= 11 is 4.06. The highest BCUT2D eigenvalue weighted by Crippen LogP contribution is 2.23. The first-order valence-electron chi connectivity index (χ1n) is 4.72. The van der Waals surface area contributed by atoms with Gasteiger partial charge in [0.25, 0.3) is 10.0 Å². The van der Waals surface area contributed by atoms with Gasteiger partial charge in [0, 0.05) is 4.47 Å². The molecule has 0 aliphatic carbocycles. The van der Waals surface area contributed by atoms with Crippen molar-refractivity contribution in [3.8, 4) is 0 Å². The van der Waals surface area contributed by atoms with Crippen LogP contribution in [0.4, 0.5) is 5.13 Å². The molecule has 7 nitrogen and oxygen atoms in total. The van der Waals surface area contributed by atoms with Crippen LogP contribution in [-0.4, -0.2) is 29.7 Å². The third-order valence-electron chi connectivity index (χ3n) is 2.06. The maximum Gasteiger partial charge on any atom is 0.336 e. The van der Waals surface area contributed by atoms with Gasteiger partial charge < -0.3 is 5.11 Å². The zero-order valence-electron chi connectivity index (χ0n) is 9.07. The Morgan fingerprint density at radius 2 is 2.16 bits per heavy atom. The Morgan fingerprint density at radius 1 is 1.42 bits per heavy atom. The van der Waals surface area contributed by atoms with Crippen LogP contribution in [0.3, 0.4) is 0 Å². The van der Waals surface area contributed by atoms with Crippen molar-refractivity contribution < 1.29 is 18.3 Å². The number of carboxylic acid groups (broad SMARTS) is 1. The van der Waals surface area contributed by atoms with E-state index in [1.165, 1.54) is 17.6 Å². The number of anilines is 1. The number of rotatable bonds is 4. The zero-order chi connectivity index (χ0) is 14.0. The van der Waals surface area contributed by atoms with Gasteiger partial charge in [-0.05, 0) is 34.1 Å². The van der Waals surface area contributed by atoms with E-state index < -0.39 is 16.0 Å². The van der Waals surface area contributed by atoms with Gasteiger partial charge in [0.2, 0.25) is 5.13 Å². The molecule has 0 atom stereocenters. The van der Waals surface area contributed by atoms with E-state index in [0.29, 0.717) is 4.47 Å². The molecular weight excluding hydrogens is 358 g/mol. The summed E-state index contributed by atoms with van der Waals surface area (Å²) in [6.07, 6.45) is 0. The second-order valence-corrected chi connectivity index (χ2v) is 6.67. The third-order valence-corrected chi connectivity index (χ3v) is 4.82. The van der Waals surface area contributed by atoms with Crippen LogP contribution in [0.2, 0.25) is 0 Å². The number of nitrogens with zero attached hydrogens (tertiary/aromatic N) is 2. The number of hydrogen-bond donors (Lipinski definition) is 2. The van der Waals surface area contributed by atoms with Crippen LogP contribution in [0.15, 0.2) is 33.1 Å². The van der Waals surface area contributed by atoms with Crippen LogP contribution in [-0.2, 0) is 10.0 Å². The normalized spacial score (nSPS) is 11.2. The number of aromatic nitrogens is 2. The molecule has 100 valence electrons. The summed E-state index contributed by atoms with van der Waals surface area (Å²) in [6.45, 7) is 0. The van der Waals surface area contributed by atoms with Crippen molar-refractivity contribution >= 4 is 48.4 Å². The zero-order valence-corrected chi connectivity index (χ0v) is 12.3. The van der Waals surface area contributed by atoms with Crippen molar-refractivity contribution in [1.82, 2.24) is 10.2 Å². The van der Waals surface area contributed by atoms with Crippen molar-refractivity contribution in [1.29, 1.82) is 0 Å². The molecule has 0 fully saturated rings. The minimum Gasteiger partial charge on any atom is -0.478 e. The van der Waals surface area contributed by atoms with Gasteiger partial charge in [0.15, 0.2) is 0 Å². The Balaban J connectivity index is 2.41. The standard InChI is InChI=1S/C9H6BrN3O4S2/c10-7-2-1-5(3-6(7)8(14)15)19(16,17)13-9-12-11-4-18-9/h1-4H,(H,12,13)(H,14,15). The Labute approximate surface area is 120 Å². The molecule has 2 rings (SSSR count). The lowest BCUT2D eigenvalue weighted by atomic mass is 10.2. The second-order valence-electron chi connectivity index (χ2n) is 3.30. The van der Waals surface area contributed by atoms with Crippen molar-refractivity contribution in [2.24, 2.45) is 0 Å². The monoisotopic (exact) mass is 363 g/mol. The first kappa shape index (κ1) is 13.9. The van der Waals surface area contributed by atoms with E-state index in [4.69, 9.17) is 5.11 Å². The van der Waals surface area contributed by atoms with Gasteiger partial charge in [-0.2, -0.15) is 0 Å². The van der Waals surface area contributed by atoms with Gasteiger partial charge in [-0.15, -0.1) is 10.2 Å². The van der Waals surface area contributed by atoms with E-state index in [0.717, 1.165) is 17.4 Å². The number of carboxylic acids is 1. The predicted molar refractivity (Wildman–Crippen MR) is 71.8 cm³/mol. The Bertz CT molecular complexity index is 715. The molecule has 0 aliphatic rings. The van der Waals surface area contributed by atoms with E-state index in [2.05, 4.69) is 30.8 Å². The summed E-state index contributed by atoms with van der Waals surface area (Å²) in [7, 11) is -3.88. The molecule has 10 heteroatoms. The molecular formula is C9H6BrN3O4S2. The molecule has 1 heterocycles. The topological polar surface area (TPSA) is 109 Å². The van der Waals surface area contributed by atoms with E-state index in [1.807, 2.05) is 0 Å². The van der Waals surface area contributed by atoms with Gasteiger partial charge in [-0.25, -0.2) is 13.2 Å². The molecule has 19 heavy (non-hydrogen) atoms. The Kier molecular flexibility index (Phi) is 3.83. The maximum atomic E-state index is 12.0. The van der Waals surface area contributed by atoms with Gasteiger partial charge in [-0.3, -0.25) is 4.72 Å². The van der Waals surface area contributed by atoms with E-state index >= 15 is 0 Å². The number of aromatic carboxylic acids is 1. The molecule has 2 N–H and O–H groups in total. The minimum atomic E-state index is -3.88. The number of halogens is 1. The number of sulfonamides is 1. The number of nitrogens with one attached hydrogen (secondary N) is 1. The highest BCUT2D eigenvalue weighted by molar-refractivity contribution is 9.10. The van der Waals surface area contributed by atoms with Gasteiger partial charge in [0.1, 0.15) is 5.51 Å². The lowest BCUT2D eigenvalue weighted by Crippen LogP contribution is -2.13. The van der Waals surface area contributed by atoms with E-state index in [9.17, 15) is 13.2 Å². The largest absolute Gasteiger partial charge is 0.478 e. The molecule has 0 amide bonds. The van der Waals surface area contributed by atoms with Crippen LogP contribution in [0.25, 0.3) is 0 Å². The molecule has 0 aliphatic heterocycles. The smallest absolute Gasteiger partial charge is 0.336 e. The quantitative estimate of drug-likeness (QED) is 0.856. The number of carbonyl (C=O) groups is 1. The Hall–Kier alpha value is -1.52. The second kappa shape index (κ2) is 5.23. The summed E-state index contributed by atoms with van der Waals surface area (Å²) in [5, 5.41) is 16.1. The van der Waals surface area contributed by atoms with Crippen molar-refractivity contribution in [3.05, 3.63) is 33.7 Å². The summed E-state index contributed by atoms with van der Waals surface area (Å²) < 4.78 is 26.5. The number of benzene rings is 1. The van der Waals surface area contributed by atoms with Crippen LogP contribution >= 0.6 is 27.3 Å². The van der Waals surface area contributed by atoms with E-state index in [-0.39, 0.29) is 15.6 Å². The summed E-state index contributed by atoms with van der Waals surface area (Å²) in [4.78, 5) is 10.8. The molecule has 0 unspecified atom stereocenters. The highest BCUT2D eigenvalue weighted by atomic mass is 79.9. The molecule has 0 radical (unpaired) electrons.